The highest BCUT2D eigenvalue weighted by Crippen LogP contribution is 2.59. The Bertz CT molecular complexity index is 1240. The van der Waals surface area contributed by atoms with Crippen LogP contribution >= 0.6 is 0 Å². The molecule has 3 heterocycles. The van der Waals surface area contributed by atoms with Crippen molar-refractivity contribution < 1.29 is 13.2 Å². The topological polar surface area (TPSA) is 51.0 Å². The first kappa shape index (κ1) is 22.8. The van der Waals surface area contributed by atoms with Crippen LogP contribution in [0.5, 0.6) is 0 Å². The monoisotopic (exact) mass is 468 g/mol. The molecule has 2 unspecified atom stereocenters. The van der Waals surface area contributed by atoms with Gasteiger partial charge in [-0.15, -0.1) is 0 Å². The van der Waals surface area contributed by atoms with Gasteiger partial charge in [-0.1, -0.05) is 18.2 Å². The average molecular weight is 469 g/mol. The van der Waals surface area contributed by atoms with Crippen LogP contribution in [0, 0.1) is 12.8 Å². The van der Waals surface area contributed by atoms with Crippen LogP contribution in [-0.2, 0) is 18.1 Å². The molecule has 0 radical (unpaired) electrons. The first-order valence-electron chi connectivity index (χ1n) is 11.7. The number of fused-ring (bicyclic) bond motifs is 1. The number of alkyl halides is 3. The van der Waals surface area contributed by atoms with Crippen molar-refractivity contribution in [3.8, 4) is 11.4 Å². The summed E-state index contributed by atoms with van der Waals surface area (Å²) >= 11 is 0. The molecule has 5 nitrogen and oxygen atoms in total. The number of pyridine rings is 1. The van der Waals surface area contributed by atoms with Crippen molar-refractivity contribution in [2.24, 2.45) is 5.92 Å². The highest BCUT2D eigenvalue weighted by molar-refractivity contribution is 5.53. The Balaban J connectivity index is 1.12. The summed E-state index contributed by atoms with van der Waals surface area (Å²) < 4.78 is 40.2. The molecule has 2 aromatic heterocycles. The molecule has 2 fully saturated rings. The molecule has 2 aliphatic rings. The lowest BCUT2D eigenvalue weighted by Crippen LogP contribution is -2.28. The number of hydrogen-bond acceptors (Lipinski definition) is 4. The number of aryl methyl sites for hydroxylation is 2. The molecule has 1 aliphatic heterocycles. The number of halogens is 3. The van der Waals surface area contributed by atoms with E-state index in [0.717, 1.165) is 50.2 Å². The largest absolute Gasteiger partial charge is 0.416 e. The van der Waals surface area contributed by atoms with Gasteiger partial charge >= 0.3 is 11.9 Å². The third kappa shape index (κ3) is 4.51. The Labute approximate surface area is 196 Å². The number of nitrogens with zero attached hydrogens (tertiary/aromatic N) is 4. The Kier molecular flexibility index (Phi) is 5.80. The van der Waals surface area contributed by atoms with Gasteiger partial charge in [-0.05, 0) is 74.5 Å². The quantitative estimate of drug-likeness (QED) is 0.473. The molecular weight excluding hydrogens is 441 g/mol. The minimum Gasteiger partial charge on any atom is -0.302 e. The summed E-state index contributed by atoms with van der Waals surface area (Å²) in [7, 11) is 0. The molecule has 5 rings (SSSR count). The predicted molar refractivity (Wildman–Crippen MR) is 123 cm³/mol. The number of rotatable bonds is 7. The highest BCUT2D eigenvalue weighted by atomic mass is 19.4. The van der Waals surface area contributed by atoms with E-state index >= 15 is 0 Å². The zero-order valence-electron chi connectivity index (χ0n) is 19.1. The minimum absolute atomic E-state index is 0.0185. The fourth-order valence-electron chi connectivity index (χ4n) is 5.24. The van der Waals surface area contributed by atoms with E-state index in [2.05, 4.69) is 14.9 Å². The molecule has 1 aliphatic carbocycles. The van der Waals surface area contributed by atoms with Crippen molar-refractivity contribution >= 4 is 0 Å². The van der Waals surface area contributed by atoms with Crippen LogP contribution in [0.3, 0.4) is 0 Å². The standard InChI is InChI=1S/C26H27F3N4O/c1-18-5-4-6-22(30-18)23-11-14-33(24(34)31-23)13-3-2-12-32-16-21-15-25(21,17-32)19-7-9-20(10-8-19)26(27,28)29/h4-11,14,21H,2-3,12-13,15-17H2,1H3. The van der Waals surface area contributed by atoms with Gasteiger partial charge in [0.1, 0.15) is 0 Å². The van der Waals surface area contributed by atoms with Crippen molar-refractivity contribution in [1.29, 1.82) is 0 Å². The molecule has 0 spiro atoms. The molecule has 178 valence electrons. The van der Waals surface area contributed by atoms with E-state index < -0.39 is 11.7 Å². The first-order chi connectivity index (χ1) is 16.2. The van der Waals surface area contributed by atoms with Crippen molar-refractivity contribution in [3.05, 3.63) is 82.0 Å². The molecule has 0 N–H and O–H groups in total. The van der Waals surface area contributed by atoms with E-state index in [1.165, 1.54) is 12.1 Å². The van der Waals surface area contributed by atoms with Crippen molar-refractivity contribution in [3.63, 3.8) is 0 Å². The van der Waals surface area contributed by atoms with Gasteiger partial charge in [0, 0.05) is 36.9 Å². The van der Waals surface area contributed by atoms with Crippen LogP contribution in [0.1, 0.15) is 36.1 Å². The average Bonchev–Trinajstić information content (AvgIpc) is 3.38. The maximum absolute atomic E-state index is 12.9. The summed E-state index contributed by atoms with van der Waals surface area (Å²) in [6.07, 6.45) is 0.342. The molecule has 0 amide bonds. The Morgan fingerprint density at radius 1 is 1.00 bits per heavy atom. The van der Waals surface area contributed by atoms with Gasteiger partial charge in [-0.25, -0.2) is 4.79 Å². The Morgan fingerprint density at radius 3 is 2.44 bits per heavy atom. The fourth-order valence-corrected chi connectivity index (χ4v) is 5.24. The van der Waals surface area contributed by atoms with Crippen LogP contribution < -0.4 is 5.69 Å². The molecule has 0 bridgehead atoms. The highest BCUT2D eigenvalue weighted by Gasteiger charge is 2.60. The summed E-state index contributed by atoms with van der Waals surface area (Å²) in [6.45, 7) is 5.31. The zero-order valence-corrected chi connectivity index (χ0v) is 19.1. The summed E-state index contributed by atoms with van der Waals surface area (Å²) in [6, 6.07) is 13.2. The maximum atomic E-state index is 12.9. The molecule has 1 aromatic carbocycles. The Hall–Kier alpha value is -3.00. The SMILES string of the molecule is Cc1cccc(-c2ccn(CCCCN3CC4CC4(c4ccc(C(F)(F)F)cc4)C3)c(=O)n2)n1. The summed E-state index contributed by atoms with van der Waals surface area (Å²) in [5, 5.41) is 0. The van der Waals surface area contributed by atoms with Gasteiger partial charge in [0.25, 0.3) is 0 Å². The van der Waals surface area contributed by atoms with E-state index in [0.29, 0.717) is 23.9 Å². The van der Waals surface area contributed by atoms with Crippen LogP contribution in [0.2, 0.25) is 0 Å². The maximum Gasteiger partial charge on any atom is 0.416 e. The lowest BCUT2D eigenvalue weighted by atomic mass is 9.94. The van der Waals surface area contributed by atoms with Gasteiger partial charge in [0.15, 0.2) is 0 Å². The lowest BCUT2D eigenvalue weighted by Gasteiger charge is -2.21. The second-order valence-corrected chi connectivity index (χ2v) is 9.53. The summed E-state index contributed by atoms with van der Waals surface area (Å²) in [5.74, 6) is 0.527. The van der Waals surface area contributed by atoms with E-state index in [1.807, 2.05) is 31.2 Å². The van der Waals surface area contributed by atoms with E-state index in [1.54, 1.807) is 22.9 Å². The van der Waals surface area contributed by atoms with Gasteiger partial charge in [-0.3, -0.25) is 9.55 Å². The molecule has 2 atom stereocenters. The van der Waals surface area contributed by atoms with Crippen molar-refractivity contribution in [1.82, 2.24) is 19.4 Å². The minimum atomic E-state index is -4.30. The number of likely N-dealkylation sites (tertiary alicyclic amines) is 1. The van der Waals surface area contributed by atoms with Crippen molar-refractivity contribution in [2.45, 2.75) is 44.3 Å². The summed E-state index contributed by atoms with van der Waals surface area (Å²) in [4.78, 5) is 23.4. The third-order valence-corrected chi connectivity index (χ3v) is 7.15. The molecular formula is C26H27F3N4O. The van der Waals surface area contributed by atoms with Crippen LogP contribution in [0.4, 0.5) is 13.2 Å². The zero-order chi connectivity index (χ0) is 23.9. The van der Waals surface area contributed by atoms with Crippen LogP contribution in [0.25, 0.3) is 11.4 Å². The van der Waals surface area contributed by atoms with E-state index in [-0.39, 0.29) is 11.1 Å². The molecule has 1 saturated carbocycles. The number of unbranched alkanes of at least 4 members (excludes halogenated alkanes) is 1. The van der Waals surface area contributed by atoms with E-state index in [4.69, 9.17) is 0 Å². The molecule has 34 heavy (non-hydrogen) atoms. The number of benzene rings is 1. The van der Waals surface area contributed by atoms with Crippen LogP contribution in [-0.4, -0.2) is 39.1 Å². The van der Waals surface area contributed by atoms with E-state index in [9.17, 15) is 18.0 Å². The smallest absolute Gasteiger partial charge is 0.302 e. The van der Waals surface area contributed by atoms with Crippen molar-refractivity contribution in [2.75, 3.05) is 19.6 Å². The first-order valence-corrected chi connectivity index (χ1v) is 11.7. The fraction of sp³-hybridized carbons (Fsp3) is 0.423. The van der Waals surface area contributed by atoms with Gasteiger partial charge in [0.05, 0.1) is 17.0 Å². The Morgan fingerprint density at radius 2 is 1.74 bits per heavy atom. The second-order valence-electron chi connectivity index (χ2n) is 9.53. The normalized spacial score (nSPS) is 22.1. The third-order valence-electron chi connectivity index (χ3n) is 7.15. The predicted octanol–water partition coefficient (Wildman–Crippen LogP) is 4.69. The van der Waals surface area contributed by atoms with Crippen LogP contribution in [0.15, 0.2) is 59.5 Å². The summed E-state index contributed by atoms with van der Waals surface area (Å²) in [5.41, 5.74) is 2.33. The number of aromatic nitrogens is 3. The number of piperidine rings is 1. The van der Waals surface area contributed by atoms with Gasteiger partial charge in [0.2, 0.25) is 0 Å². The molecule has 1 saturated heterocycles. The molecule has 3 aromatic rings. The van der Waals surface area contributed by atoms with Gasteiger partial charge in [-0.2, -0.15) is 18.2 Å². The number of hydrogen-bond donors (Lipinski definition) is 0. The lowest BCUT2D eigenvalue weighted by molar-refractivity contribution is -0.137. The van der Waals surface area contributed by atoms with Gasteiger partial charge < -0.3 is 4.90 Å². The molecule has 8 heteroatoms. The second kappa shape index (κ2) is 8.65.